The molecule has 188 valence electrons. The van der Waals surface area contributed by atoms with Crippen LogP contribution in [0.3, 0.4) is 0 Å². The topological polar surface area (TPSA) is 119 Å². The van der Waals surface area contributed by atoms with Crippen LogP contribution in [0.1, 0.15) is 28.2 Å². The standard InChI is InChI=1S/C15H9NO4.C15H13NO2/c17-15-12(11-6-2-4-8-14(11)20-15)9-10-5-1-3-7-13(10)16(18)19;17-14-8-4-2-6-11(14)12-9-10-5-1-3-7-13(10)16-15(12)18/h1-9H;1-8,12,17H,9H2,(H,16,18)/b12-9+;. The molecule has 1 atom stereocenters. The van der Waals surface area contributed by atoms with Crippen LogP contribution < -0.4 is 10.1 Å². The van der Waals surface area contributed by atoms with E-state index in [2.05, 4.69) is 5.32 Å². The molecule has 0 saturated heterocycles. The van der Waals surface area contributed by atoms with Gasteiger partial charge in [-0.05, 0) is 42.3 Å². The van der Waals surface area contributed by atoms with Crippen LogP contribution in [0, 0.1) is 10.1 Å². The molecule has 0 spiro atoms. The van der Waals surface area contributed by atoms with Crippen molar-refractivity contribution in [3.8, 4) is 11.5 Å². The van der Waals surface area contributed by atoms with Gasteiger partial charge in [0, 0.05) is 22.9 Å². The number of esters is 1. The lowest BCUT2D eigenvalue weighted by atomic mass is 9.87. The van der Waals surface area contributed by atoms with Gasteiger partial charge in [-0.15, -0.1) is 0 Å². The number of hydrogen-bond acceptors (Lipinski definition) is 6. The molecule has 0 fully saturated rings. The number of anilines is 1. The number of hydrogen-bond donors (Lipinski definition) is 2. The molecular weight excluding hydrogens is 484 g/mol. The normalized spacial score (nSPS) is 16.4. The highest BCUT2D eigenvalue weighted by Gasteiger charge is 2.29. The number of ether oxygens (including phenoxy) is 1. The average molecular weight is 507 g/mol. The Morgan fingerprint density at radius 3 is 2.39 bits per heavy atom. The van der Waals surface area contributed by atoms with Crippen molar-refractivity contribution >= 4 is 34.9 Å². The van der Waals surface area contributed by atoms with E-state index in [1.807, 2.05) is 30.3 Å². The van der Waals surface area contributed by atoms with Crippen molar-refractivity contribution in [3.05, 3.63) is 129 Å². The maximum absolute atomic E-state index is 12.1. The van der Waals surface area contributed by atoms with Gasteiger partial charge in [-0.2, -0.15) is 0 Å². The van der Waals surface area contributed by atoms with Crippen molar-refractivity contribution in [3.63, 3.8) is 0 Å². The summed E-state index contributed by atoms with van der Waals surface area (Å²) < 4.78 is 5.11. The van der Waals surface area contributed by atoms with Crippen molar-refractivity contribution in [1.29, 1.82) is 0 Å². The fourth-order valence-corrected chi connectivity index (χ4v) is 4.50. The third-order valence-corrected chi connectivity index (χ3v) is 6.36. The van der Waals surface area contributed by atoms with Gasteiger partial charge < -0.3 is 15.2 Å². The number of amides is 1. The van der Waals surface area contributed by atoms with E-state index >= 15 is 0 Å². The summed E-state index contributed by atoms with van der Waals surface area (Å²) in [4.78, 5) is 34.5. The number of nitro benzene ring substituents is 1. The minimum atomic E-state index is -0.496. The summed E-state index contributed by atoms with van der Waals surface area (Å²) in [5.41, 5.74) is 3.97. The molecule has 2 aliphatic rings. The summed E-state index contributed by atoms with van der Waals surface area (Å²) in [5.74, 6) is -0.222. The van der Waals surface area contributed by atoms with E-state index in [0.717, 1.165) is 11.3 Å². The highest BCUT2D eigenvalue weighted by Crippen LogP contribution is 2.36. The van der Waals surface area contributed by atoms with E-state index in [0.29, 0.717) is 34.4 Å². The van der Waals surface area contributed by atoms with Crippen molar-refractivity contribution < 1.29 is 24.4 Å². The van der Waals surface area contributed by atoms with Gasteiger partial charge in [0.2, 0.25) is 5.91 Å². The summed E-state index contributed by atoms with van der Waals surface area (Å²) >= 11 is 0. The molecule has 0 aromatic heterocycles. The van der Waals surface area contributed by atoms with Gasteiger partial charge in [0.15, 0.2) is 0 Å². The summed E-state index contributed by atoms with van der Waals surface area (Å²) in [6.07, 6.45) is 2.12. The molecule has 8 heteroatoms. The highest BCUT2D eigenvalue weighted by atomic mass is 16.6. The van der Waals surface area contributed by atoms with Crippen LogP contribution in [0.15, 0.2) is 97.1 Å². The number of nitrogens with zero attached hydrogens (tertiary/aromatic N) is 1. The van der Waals surface area contributed by atoms with E-state index in [1.165, 1.54) is 12.1 Å². The predicted molar refractivity (Wildman–Crippen MR) is 143 cm³/mol. The molecule has 0 radical (unpaired) electrons. The number of nitro groups is 1. The van der Waals surface area contributed by atoms with Gasteiger partial charge in [0.1, 0.15) is 11.5 Å². The lowest BCUT2D eigenvalue weighted by Gasteiger charge is -2.25. The largest absolute Gasteiger partial charge is 0.508 e. The number of nitrogens with one attached hydrogen (secondary N) is 1. The van der Waals surface area contributed by atoms with Crippen LogP contribution >= 0.6 is 0 Å². The molecule has 2 N–H and O–H groups in total. The highest BCUT2D eigenvalue weighted by molar-refractivity contribution is 6.26. The molecule has 8 nitrogen and oxygen atoms in total. The molecule has 0 saturated carbocycles. The Bertz CT molecular complexity index is 1590. The first-order valence-electron chi connectivity index (χ1n) is 11.9. The summed E-state index contributed by atoms with van der Waals surface area (Å²) in [7, 11) is 0. The van der Waals surface area contributed by atoms with E-state index in [4.69, 9.17) is 4.74 Å². The molecule has 2 heterocycles. The van der Waals surface area contributed by atoms with Gasteiger partial charge in [-0.3, -0.25) is 14.9 Å². The second-order valence-corrected chi connectivity index (χ2v) is 8.72. The Hall–Kier alpha value is -5.24. The van der Waals surface area contributed by atoms with Gasteiger partial charge in [0.05, 0.1) is 22.0 Å². The number of rotatable bonds is 3. The maximum Gasteiger partial charge on any atom is 0.344 e. The fourth-order valence-electron chi connectivity index (χ4n) is 4.50. The van der Waals surface area contributed by atoms with Crippen molar-refractivity contribution in [1.82, 2.24) is 0 Å². The molecule has 0 bridgehead atoms. The Labute approximate surface area is 218 Å². The molecule has 4 aromatic rings. The van der Waals surface area contributed by atoms with Crippen LogP contribution in [-0.4, -0.2) is 21.9 Å². The summed E-state index contributed by atoms with van der Waals surface area (Å²) in [6.45, 7) is 0. The first-order chi connectivity index (χ1) is 18.4. The van der Waals surface area contributed by atoms with E-state index in [9.17, 15) is 24.8 Å². The minimum Gasteiger partial charge on any atom is -0.508 e. The lowest BCUT2D eigenvalue weighted by Crippen LogP contribution is -2.28. The van der Waals surface area contributed by atoms with Crippen molar-refractivity contribution in [2.75, 3.05) is 5.32 Å². The zero-order chi connectivity index (χ0) is 26.6. The van der Waals surface area contributed by atoms with Crippen molar-refractivity contribution in [2.45, 2.75) is 12.3 Å². The van der Waals surface area contributed by atoms with Crippen LogP contribution in [0.5, 0.6) is 11.5 Å². The number of phenols is 1. The Morgan fingerprint density at radius 2 is 1.58 bits per heavy atom. The zero-order valence-corrected chi connectivity index (χ0v) is 20.0. The molecule has 2 aliphatic heterocycles. The SMILES string of the molecule is O=C1Nc2ccccc2CC1c1ccccc1O.O=C1Oc2ccccc2/C1=C\c1ccccc1[N+](=O)[O-]. The molecular formula is C30H22N2O6. The number of para-hydroxylation sites is 4. The number of carbonyl (C=O) groups excluding carboxylic acids is 2. The fraction of sp³-hybridized carbons (Fsp3) is 0.0667. The van der Waals surface area contributed by atoms with Gasteiger partial charge in [-0.25, -0.2) is 4.79 Å². The Kier molecular flexibility index (Phi) is 6.69. The predicted octanol–water partition coefficient (Wildman–Crippen LogP) is 5.73. The van der Waals surface area contributed by atoms with Gasteiger partial charge in [0.25, 0.3) is 5.69 Å². The monoisotopic (exact) mass is 506 g/mol. The van der Waals surface area contributed by atoms with Crippen LogP contribution in [-0.2, 0) is 16.0 Å². The van der Waals surface area contributed by atoms with E-state index in [1.54, 1.807) is 60.7 Å². The second kappa shape index (κ2) is 10.4. The lowest BCUT2D eigenvalue weighted by molar-refractivity contribution is -0.385. The zero-order valence-electron chi connectivity index (χ0n) is 20.0. The number of aromatic hydroxyl groups is 1. The molecule has 1 amide bonds. The van der Waals surface area contributed by atoms with E-state index in [-0.39, 0.29) is 23.3 Å². The smallest absolute Gasteiger partial charge is 0.344 e. The molecule has 4 aromatic carbocycles. The third kappa shape index (κ3) is 4.87. The van der Waals surface area contributed by atoms with Gasteiger partial charge in [-0.1, -0.05) is 66.7 Å². The van der Waals surface area contributed by atoms with Crippen molar-refractivity contribution in [2.24, 2.45) is 0 Å². The molecule has 0 aliphatic carbocycles. The second-order valence-electron chi connectivity index (χ2n) is 8.72. The summed E-state index contributed by atoms with van der Waals surface area (Å²) in [6, 6.07) is 28.0. The number of fused-ring (bicyclic) bond motifs is 2. The molecule has 1 unspecified atom stereocenters. The number of benzene rings is 4. The third-order valence-electron chi connectivity index (χ3n) is 6.36. The molecule has 38 heavy (non-hydrogen) atoms. The van der Waals surface area contributed by atoms with Crippen LogP contribution in [0.25, 0.3) is 11.6 Å². The average Bonchev–Trinajstić information content (AvgIpc) is 3.24. The van der Waals surface area contributed by atoms with Crippen LogP contribution in [0.4, 0.5) is 11.4 Å². The minimum absolute atomic E-state index is 0.0443. The number of phenolic OH excluding ortho intramolecular Hbond substituents is 1. The first-order valence-corrected chi connectivity index (χ1v) is 11.9. The Morgan fingerprint density at radius 1 is 0.895 bits per heavy atom. The molecule has 6 rings (SSSR count). The van der Waals surface area contributed by atoms with Gasteiger partial charge >= 0.3 is 5.97 Å². The van der Waals surface area contributed by atoms with E-state index < -0.39 is 10.9 Å². The Balaban J connectivity index is 0.000000156. The quantitative estimate of drug-likeness (QED) is 0.121. The first kappa shape index (κ1) is 24.5. The van der Waals surface area contributed by atoms with Crippen LogP contribution in [0.2, 0.25) is 0 Å². The summed E-state index contributed by atoms with van der Waals surface area (Å²) in [5, 5.41) is 23.7. The number of carbonyl (C=O) groups is 2. The maximum atomic E-state index is 12.1.